The normalized spacial score (nSPS) is 8.85. The van der Waals surface area contributed by atoms with E-state index in [2.05, 4.69) is 28.3 Å². The number of halogens is 2. The first-order valence-electron chi connectivity index (χ1n) is 3.56. The van der Waals surface area contributed by atoms with Crippen LogP contribution in [0.2, 0.25) is 0 Å². The van der Waals surface area contributed by atoms with Gasteiger partial charge in [-0.05, 0) is 31.2 Å². The molecule has 5 heteroatoms. The summed E-state index contributed by atoms with van der Waals surface area (Å²) in [6.07, 6.45) is 0. The summed E-state index contributed by atoms with van der Waals surface area (Å²) in [6, 6.07) is 7.37. The van der Waals surface area contributed by atoms with Gasteiger partial charge in [0, 0.05) is 5.69 Å². The van der Waals surface area contributed by atoms with Gasteiger partial charge in [0.15, 0.2) is 0 Å². The summed E-state index contributed by atoms with van der Waals surface area (Å²) in [5.74, 6) is 0.872. The number of benzene rings is 1. The van der Waals surface area contributed by atoms with E-state index in [1.165, 1.54) is 0 Å². The van der Waals surface area contributed by atoms with Gasteiger partial charge < -0.3 is 10.5 Å². The standard InChI is InChI=1S/C8H11NO.2BrH.Co/c1-2-10-8-5-3-7(9)4-6-8;;;/h3-6H,2,9H2,1H3;2*1H;/q;;;+2/p-2. The fourth-order valence-electron chi connectivity index (χ4n) is 0.731. The van der Waals surface area contributed by atoms with Crippen LogP contribution in [0.3, 0.4) is 0 Å². The Hall–Kier alpha value is 0.286. The quantitative estimate of drug-likeness (QED) is 0.826. The molecule has 0 aliphatic carbocycles. The van der Waals surface area contributed by atoms with Crippen LogP contribution in [0.15, 0.2) is 24.3 Å². The molecule has 0 saturated heterocycles. The van der Waals surface area contributed by atoms with Crippen LogP contribution in [-0.2, 0) is 11.1 Å². The summed E-state index contributed by atoms with van der Waals surface area (Å²) in [5.41, 5.74) is 6.23. The third-order valence-electron chi connectivity index (χ3n) is 1.19. The third kappa shape index (κ3) is 7.36. The average Bonchev–Trinajstić information content (AvgIpc) is 2.11. The first kappa shape index (κ1) is 13.3. The Morgan fingerprint density at radius 2 is 1.77 bits per heavy atom. The van der Waals surface area contributed by atoms with E-state index >= 15 is 0 Å². The average molecular weight is 356 g/mol. The Balaban J connectivity index is 0.000000424. The molecule has 0 amide bonds. The van der Waals surface area contributed by atoms with Gasteiger partial charge in [-0.1, -0.05) is 0 Å². The Labute approximate surface area is 98.7 Å². The Morgan fingerprint density at radius 1 is 1.31 bits per heavy atom. The molecule has 2 nitrogen and oxygen atoms in total. The monoisotopic (exact) mass is 354 g/mol. The summed E-state index contributed by atoms with van der Waals surface area (Å²) in [7, 11) is 0. The molecule has 0 unspecified atom stereocenters. The zero-order chi connectivity index (χ0) is 10.1. The van der Waals surface area contributed by atoms with Crippen molar-refractivity contribution in [3.63, 3.8) is 0 Å². The number of hydrogen-bond acceptors (Lipinski definition) is 2. The van der Waals surface area contributed by atoms with Crippen molar-refractivity contribution in [3.05, 3.63) is 24.3 Å². The second-order valence-electron chi connectivity index (χ2n) is 2.05. The molecule has 0 aliphatic rings. The molecule has 0 heterocycles. The van der Waals surface area contributed by atoms with Crippen molar-refractivity contribution < 1.29 is 15.9 Å². The number of anilines is 1. The van der Waals surface area contributed by atoms with Gasteiger partial charge in [0.25, 0.3) is 0 Å². The molecule has 13 heavy (non-hydrogen) atoms. The Morgan fingerprint density at radius 3 is 2.15 bits per heavy atom. The van der Waals surface area contributed by atoms with Gasteiger partial charge in [0.05, 0.1) is 6.61 Å². The van der Waals surface area contributed by atoms with Crippen LogP contribution in [0.1, 0.15) is 6.92 Å². The summed E-state index contributed by atoms with van der Waals surface area (Å²) < 4.78 is 5.21. The molecule has 0 atom stereocenters. The van der Waals surface area contributed by atoms with E-state index in [4.69, 9.17) is 10.5 Å². The minimum absolute atomic E-state index is 0.698. The minimum atomic E-state index is 0.698. The first-order chi connectivity index (χ1) is 6.24. The van der Waals surface area contributed by atoms with E-state index in [-0.39, 0.29) is 0 Å². The van der Waals surface area contributed by atoms with Crippen LogP contribution in [0.5, 0.6) is 5.75 Å². The molecule has 1 aromatic rings. The molecule has 1 rings (SSSR count). The molecule has 2 N–H and O–H groups in total. The molecule has 0 saturated carbocycles. The predicted molar refractivity (Wildman–Crippen MR) is 59.9 cm³/mol. The molecule has 0 bridgehead atoms. The Kier molecular flexibility index (Phi) is 9.06. The SMILES string of the molecule is CCOc1ccc(N)cc1.[Br][Co][Br]. The molecular weight excluding hydrogens is 345 g/mol. The number of nitrogens with two attached hydrogens (primary N) is 1. The second-order valence-corrected chi connectivity index (χ2v) is 7.30. The number of ether oxygens (including phenoxy) is 1. The van der Waals surface area contributed by atoms with Crippen LogP contribution in [-0.4, -0.2) is 6.61 Å². The molecule has 0 radical (unpaired) electrons. The van der Waals surface area contributed by atoms with Crippen molar-refractivity contribution in [1.82, 2.24) is 0 Å². The van der Waals surface area contributed by atoms with Crippen molar-refractivity contribution in [1.29, 1.82) is 0 Å². The van der Waals surface area contributed by atoms with Gasteiger partial charge >= 0.3 is 39.5 Å². The van der Waals surface area contributed by atoms with Crippen LogP contribution in [0, 0.1) is 0 Å². The summed E-state index contributed by atoms with van der Waals surface area (Å²) in [6.45, 7) is 2.65. The topological polar surface area (TPSA) is 35.2 Å². The molecule has 0 aliphatic heterocycles. The van der Waals surface area contributed by atoms with E-state index in [1.807, 2.05) is 31.2 Å². The van der Waals surface area contributed by atoms with E-state index in [1.54, 1.807) is 0 Å². The summed E-state index contributed by atoms with van der Waals surface area (Å²) in [5, 5.41) is 0. The molecule has 1 aromatic carbocycles. The second kappa shape index (κ2) is 8.87. The van der Waals surface area contributed by atoms with Gasteiger partial charge in [-0.2, -0.15) is 0 Å². The summed E-state index contributed by atoms with van der Waals surface area (Å²) >= 11 is 7.12. The van der Waals surface area contributed by atoms with Crippen molar-refractivity contribution >= 4 is 34.0 Å². The van der Waals surface area contributed by atoms with E-state index in [9.17, 15) is 0 Å². The van der Waals surface area contributed by atoms with Crippen LogP contribution in [0.25, 0.3) is 0 Å². The number of nitrogen functional groups attached to an aromatic ring is 1. The van der Waals surface area contributed by atoms with Gasteiger partial charge in [0.1, 0.15) is 5.75 Å². The van der Waals surface area contributed by atoms with Gasteiger partial charge in [-0.3, -0.25) is 0 Å². The van der Waals surface area contributed by atoms with Gasteiger partial charge in [-0.15, -0.1) is 0 Å². The Bertz CT molecular complexity index is 218. The molecule has 0 spiro atoms. The number of hydrogen-bond donors (Lipinski definition) is 1. The van der Waals surface area contributed by atoms with Crippen LogP contribution >= 0.6 is 28.3 Å². The molecule has 77 valence electrons. The number of rotatable bonds is 2. The van der Waals surface area contributed by atoms with E-state index in [0.29, 0.717) is 6.61 Å². The van der Waals surface area contributed by atoms with Crippen molar-refractivity contribution in [2.24, 2.45) is 0 Å². The van der Waals surface area contributed by atoms with E-state index < -0.39 is 0 Å². The van der Waals surface area contributed by atoms with Crippen LogP contribution in [0.4, 0.5) is 5.69 Å². The van der Waals surface area contributed by atoms with Crippen LogP contribution < -0.4 is 10.5 Å². The van der Waals surface area contributed by atoms with Crippen molar-refractivity contribution in [2.45, 2.75) is 6.92 Å². The predicted octanol–water partition coefficient (Wildman–Crippen LogP) is 3.36. The first-order valence-corrected chi connectivity index (χ1v) is 8.71. The zero-order valence-electron chi connectivity index (χ0n) is 7.09. The van der Waals surface area contributed by atoms with Crippen molar-refractivity contribution in [2.75, 3.05) is 12.3 Å². The molecular formula is C8H11Br2CoNO. The maximum absolute atomic E-state index is 5.47. The van der Waals surface area contributed by atoms with Gasteiger partial charge in [-0.25, -0.2) is 0 Å². The molecule has 0 aromatic heterocycles. The summed E-state index contributed by atoms with van der Waals surface area (Å²) in [4.78, 5) is 0. The maximum atomic E-state index is 5.47. The van der Waals surface area contributed by atoms with E-state index in [0.717, 1.165) is 22.6 Å². The fourth-order valence-corrected chi connectivity index (χ4v) is 0.731. The fraction of sp³-hybridized carbons (Fsp3) is 0.250. The zero-order valence-corrected chi connectivity index (χ0v) is 11.3. The third-order valence-corrected chi connectivity index (χ3v) is 1.19. The molecule has 0 fully saturated rings. The van der Waals surface area contributed by atoms with Crippen molar-refractivity contribution in [3.8, 4) is 5.75 Å². The van der Waals surface area contributed by atoms with Gasteiger partial charge in [0.2, 0.25) is 0 Å².